The van der Waals surface area contributed by atoms with Crippen molar-refractivity contribution in [3.8, 4) is 5.75 Å². The second kappa shape index (κ2) is 5.69. The van der Waals surface area contributed by atoms with Crippen LogP contribution in [-0.4, -0.2) is 34.4 Å². The van der Waals surface area contributed by atoms with Gasteiger partial charge in [0.15, 0.2) is 5.82 Å². The maximum Gasteiger partial charge on any atom is 0.253 e. The molecule has 1 aromatic carbocycles. The van der Waals surface area contributed by atoms with Crippen LogP contribution in [0.2, 0.25) is 0 Å². The van der Waals surface area contributed by atoms with Crippen LogP contribution in [0.1, 0.15) is 18.9 Å². The van der Waals surface area contributed by atoms with Crippen LogP contribution < -0.4 is 14.3 Å². The van der Waals surface area contributed by atoms with Gasteiger partial charge in [0.05, 0.1) is 0 Å². The molecular formula is C14H16FN3O3S. The summed E-state index contributed by atoms with van der Waals surface area (Å²) < 4.78 is 29.8. The molecule has 2 aliphatic rings. The highest BCUT2D eigenvalue weighted by Crippen LogP contribution is 2.37. The van der Waals surface area contributed by atoms with Gasteiger partial charge in [-0.3, -0.25) is 13.8 Å². The van der Waals surface area contributed by atoms with Crippen molar-refractivity contribution in [2.75, 3.05) is 17.4 Å². The fourth-order valence-electron chi connectivity index (χ4n) is 2.62. The van der Waals surface area contributed by atoms with E-state index in [2.05, 4.69) is 10.0 Å². The average molecular weight is 325 g/mol. The Labute approximate surface area is 129 Å². The van der Waals surface area contributed by atoms with Gasteiger partial charge in [-0.15, -0.1) is 0 Å². The number of anilines is 1. The highest BCUT2D eigenvalue weighted by atomic mass is 32.2. The van der Waals surface area contributed by atoms with Crippen molar-refractivity contribution >= 4 is 28.3 Å². The van der Waals surface area contributed by atoms with Gasteiger partial charge in [0.25, 0.3) is 5.91 Å². The topological polar surface area (TPSA) is 81.7 Å². The molecule has 0 aromatic heterocycles. The van der Waals surface area contributed by atoms with Crippen molar-refractivity contribution in [2.45, 2.75) is 19.4 Å². The summed E-state index contributed by atoms with van der Waals surface area (Å²) in [4.78, 5) is 11.3. The largest absolute Gasteiger partial charge is 0.506 e. The minimum atomic E-state index is -1.88. The van der Waals surface area contributed by atoms with E-state index in [9.17, 15) is 18.5 Å². The smallest absolute Gasteiger partial charge is 0.253 e. The molecule has 6 nitrogen and oxygen atoms in total. The van der Waals surface area contributed by atoms with Crippen molar-refractivity contribution in [3.05, 3.63) is 29.6 Å². The summed E-state index contributed by atoms with van der Waals surface area (Å²) in [5.74, 6) is -1.49. The normalized spacial score (nSPS) is 24.5. The van der Waals surface area contributed by atoms with E-state index in [1.54, 1.807) is 0 Å². The second-order valence-corrected chi connectivity index (χ2v) is 6.34. The van der Waals surface area contributed by atoms with Gasteiger partial charge in [0, 0.05) is 18.2 Å². The van der Waals surface area contributed by atoms with Crippen LogP contribution in [0.25, 0.3) is 5.57 Å². The van der Waals surface area contributed by atoms with Gasteiger partial charge in [-0.2, -0.15) is 0 Å². The third kappa shape index (κ3) is 2.48. The quantitative estimate of drug-likeness (QED) is 0.768. The number of phenolic OH excluding ortho intramolecular Hbond substituents is 1. The van der Waals surface area contributed by atoms with Crippen LogP contribution in [0.4, 0.5) is 10.1 Å². The first-order chi connectivity index (χ1) is 10.5. The first kappa shape index (κ1) is 15.0. The van der Waals surface area contributed by atoms with E-state index in [-0.39, 0.29) is 24.0 Å². The summed E-state index contributed by atoms with van der Waals surface area (Å²) in [6.45, 7) is 2.30. The lowest BCUT2D eigenvalue weighted by atomic mass is 10.0. The zero-order chi connectivity index (χ0) is 15.9. The Kier molecular flexibility index (Phi) is 3.88. The first-order valence-corrected chi connectivity index (χ1v) is 8.06. The SMILES string of the molecule is CCC1C=C(c2ccc(O)c(N3CC(=O)NS3=O)c2F)CN1. The Hall–Kier alpha value is -1.93. The van der Waals surface area contributed by atoms with Crippen LogP contribution in [0.5, 0.6) is 5.75 Å². The lowest BCUT2D eigenvalue weighted by Crippen LogP contribution is -2.24. The molecule has 118 valence electrons. The standard InChI is InChI=1S/C14H16FN3O3S/c1-2-9-5-8(6-16-9)10-3-4-11(19)14(13(10)15)18-7-12(20)17-22(18)21/h3-5,9,16,19H,2,6-7H2,1H3,(H,17,20). The number of nitrogens with one attached hydrogen (secondary N) is 2. The molecule has 0 saturated carbocycles. The number of phenols is 1. The zero-order valence-corrected chi connectivity index (χ0v) is 12.7. The predicted octanol–water partition coefficient (Wildman–Crippen LogP) is 0.811. The Morgan fingerprint density at radius 2 is 2.27 bits per heavy atom. The van der Waals surface area contributed by atoms with E-state index in [1.807, 2.05) is 13.0 Å². The molecule has 1 aromatic rings. The number of halogens is 1. The third-order valence-corrected chi connectivity index (χ3v) is 4.89. The van der Waals surface area contributed by atoms with Crippen LogP contribution in [0.15, 0.2) is 18.2 Å². The van der Waals surface area contributed by atoms with E-state index in [0.717, 1.165) is 16.3 Å². The molecule has 0 aliphatic carbocycles. The summed E-state index contributed by atoms with van der Waals surface area (Å²) in [6, 6.07) is 3.04. The minimum absolute atomic E-state index is 0.191. The van der Waals surface area contributed by atoms with Gasteiger partial charge in [-0.25, -0.2) is 8.60 Å². The Balaban J connectivity index is 2.03. The number of carbonyl (C=O) groups excluding carboxylic acids is 1. The third-order valence-electron chi connectivity index (χ3n) is 3.78. The van der Waals surface area contributed by atoms with Gasteiger partial charge in [-0.1, -0.05) is 13.0 Å². The number of amides is 1. The van der Waals surface area contributed by atoms with Crippen molar-refractivity contribution in [2.24, 2.45) is 0 Å². The summed E-state index contributed by atoms with van der Waals surface area (Å²) in [5.41, 5.74) is 0.914. The van der Waals surface area contributed by atoms with E-state index < -0.39 is 22.9 Å². The molecule has 3 rings (SSSR count). The summed E-state index contributed by atoms with van der Waals surface area (Å²) in [7, 11) is 0. The molecule has 2 unspecified atom stereocenters. The summed E-state index contributed by atoms with van der Waals surface area (Å²) in [6.07, 6.45) is 2.84. The Morgan fingerprint density at radius 1 is 1.50 bits per heavy atom. The average Bonchev–Trinajstić information content (AvgIpc) is 3.06. The van der Waals surface area contributed by atoms with E-state index >= 15 is 0 Å². The highest BCUT2D eigenvalue weighted by molar-refractivity contribution is 7.85. The molecule has 1 fully saturated rings. The van der Waals surface area contributed by atoms with Crippen molar-refractivity contribution in [1.82, 2.24) is 10.0 Å². The minimum Gasteiger partial charge on any atom is -0.506 e. The number of benzene rings is 1. The molecule has 0 radical (unpaired) electrons. The van der Waals surface area contributed by atoms with Crippen LogP contribution in [0, 0.1) is 5.82 Å². The highest BCUT2D eigenvalue weighted by Gasteiger charge is 2.32. The van der Waals surface area contributed by atoms with E-state index in [0.29, 0.717) is 12.1 Å². The molecule has 0 spiro atoms. The van der Waals surface area contributed by atoms with E-state index in [1.165, 1.54) is 12.1 Å². The number of nitrogens with zero attached hydrogens (tertiary/aromatic N) is 1. The maximum atomic E-state index is 14.8. The van der Waals surface area contributed by atoms with Crippen LogP contribution in [-0.2, 0) is 16.0 Å². The fourth-order valence-corrected chi connectivity index (χ4v) is 3.57. The number of aromatic hydroxyl groups is 1. The molecule has 2 aliphatic heterocycles. The Morgan fingerprint density at radius 3 is 2.86 bits per heavy atom. The van der Waals surface area contributed by atoms with E-state index in [4.69, 9.17) is 0 Å². The van der Waals surface area contributed by atoms with Gasteiger partial charge >= 0.3 is 0 Å². The van der Waals surface area contributed by atoms with Crippen molar-refractivity contribution in [3.63, 3.8) is 0 Å². The summed E-state index contributed by atoms with van der Waals surface area (Å²) in [5, 5.41) is 13.2. The number of hydrogen-bond acceptors (Lipinski definition) is 4. The first-order valence-electron chi connectivity index (χ1n) is 6.96. The molecule has 2 atom stereocenters. The number of hydrogen-bond donors (Lipinski definition) is 3. The van der Waals surface area contributed by atoms with Gasteiger partial charge in [0.2, 0.25) is 11.2 Å². The molecular weight excluding hydrogens is 309 g/mol. The van der Waals surface area contributed by atoms with Gasteiger partial charge < -0.3 is 10.4 Å². The lowest BCUT2D eigenvalue weighted by molar-refractivity contribution is -0.117. The van der Waals surface area contributed by atoms with Gasteiger partial charge in [-0.05, 0) is 24.1 Å². The molecule has 1 saturated heterocycles. The molecule has 0 bridgehead atoms. The number of rotatable bonds is 3. The molecule has 2 heterocycles. The fraction of sp³-hybridized carbons (Fsp3) is 0.357. The maximum absolute atomic E-state index is 14.8. The Bertz CT molecular complexity index is 692. The molecule has 3 N–H and O–H groups in total. The second-order valence-electron chi connectivity index (χ2n) is 5.19. The molecule has 1 amide bonds. The van der Waals surface area contributed by atoms with Crippen molar-refractivity contribution < 1.29 is 18.5 Å². The van der Waals surface area contributed by atoms with Gasteiger partial charge in [0.1, 0.15) is 18.0 Å². The van der Waals surface area contributed by atoms with Crippen LogP contribution in [0.3, 0.4) is 0 Å². The predicted molar refractivity (Wildman–Crippen MR) is 81.8 cm³/mol. The monoisotopic (exact) mass is 325 g/mol. The zero-order valence-electron chi connectivity index (χ0n) is 11.9. The number of carbonyl (C=O) groups is 1. The summed E-state index contributed by atoms with van der Waals surface area (Å²) >= 11 is -1.88. The molecule has 22 heavy (non-hydrogen) atoms. The van der Waals surface area contributed by atoms with Crippen LogP contribution >= 0.6 is 0 Å². The molecule has 8 heteroatoms. The van der Waals surface area contributed by atoms with Crippen molar-refractivity contribution in [1.29, 1.82) is 0 Å². The lowest BCUT2D eigenvalue weighted by Gasteiger charge is -2.18.